The minimum absolute atomic E-state index is 0.143. The molecule has 0 aromatic carbocycles. The standard InChI is InChI=1S/C9H20N2O2S/c1-5-10-6-7-14(12,13)11(4)8-9(2)3/h10H,2,5-8H2,1,3-4H3. The van der Waals surface area contributed by atoms with Crippen molar-refractivity contribution >= 4 is 10.0 Å². The molecular formula is C9H20N2O2S. The monoisotopic (exact) mass is 220 g/mol. The van der Waals surface area contributed by atoms with E-state index in [1.54, 1.807) is 7.05 Å². The van der Waals surface area contributed by atoms with Crippen LogP contribution >= 0.6 is 0 Å². The first kappa shape index (κ1) is 13.6. The summed E-state index contributed by atoms with van der Waals surface area (Å²) in [7, 11) is -1.54. The lowest BCUT2D eigenvalue weighted by Gasteiger charge is -2.16. The number of nitrogens with zero attached hydrogens (tertiary/aromatic N) is 1. The molecule has 14 heavy (non-hydrogen) atoms. The lowest BCUT2D eigenvalue weighted by molar-refractivity contribution is 0.491. The molecule has 0 saturated carbocycles. The van der Waals surface area contributed by atoms with Crippen LogP contribution in [0.25, 0.3) is 0 Å². The molecule has 0 unspecified atom stereocenters. The quantitative estimate of drug-likeness (QED) is 0.500. The average molecular weight is 220 g/mol. The zero-order valence-corrected chi connectivity index (χ0v) is 10.0. The van der Waals surface area contributed by atoms with Crippen molar-refractivity contribution < 1.29 is 8.42 Å². The molecule has 0 radical (unpaired) electrons. The summed E-state index contributed by atoms with van der Waals surface area (Å²) in [4.78, 5) is 0. The van der Waals surface area contributed by atoms with Gasteiger partial charge in [0.2, 0.25) is 10.0 Å². The van der Waals surface area contributed by atoms with Crippen LogP contribution < -0.4 is 5.32 Å². The normalized spacial score (nSPS) is 12.0. The van der Waals surface area contributed by atoms with Gasteiger partial charge >= 0.3 is 0 Å². The van der Waals surface area contributed by atoms with E-state index in [0.717, 1.165) is 12.1 Å². The third-order valence-electron chi connectivity index (χ3n) is 1.75. The first-order chi connectivity index (χ1) is 6.40. The Morgan fingerprint density at radius 1 is 1.50 bits per heavy atom. The van der Waals surface area contributed by atoms with E-state index >= 15 is 0 Å². The Kier molecular flexibility index (Phi) is 5.99. The topological polar surface area (TPSA) is 49.4 Å². The maximum absolute atomic E-state index is 11.6. The van der Waals surface area contributed by atoms with Gasteiger partial charge in [-0.05, 0) is 13.5 Å². The van der Waals surface area contributed by atoms with Gasteiger partial charge in [0.25, 0.3) is 0 Å². The van der Waals surface area contributed by atoms with E-state index in [9.17, 15) is 8.42 Å². The van der Waals surface area contributed by atoms with Crippen molar-refractivity contribution in [2.24, 2.45) is 0 Å². The van der Waals surface area contributed by atoms with E-state index in [1.807, 2.05) is 13.8 Å². The fourth-order valence-electron chi connectivity index (χ4n) is 1.01. The Morgan fingerprint density at radius 3 is 2.50 bits per heavy atom. The largest absolute Gasteiger partial charge is 0.316 e. The number of hydrogen-bond donors (Lipinski definition) is 1. The summed E-state index contributed by atoms with van der Waals surface area (Å²) in [6, 6.07) is 0. The van der Waals surface area contributed by atoms with Crippen molar-refractivity contribution in [1.29, 1.82) is 0 Å². The van der Waals surface area contributed by atoms with Crippen LogP contribution in [0.4, 0.5) is 0 Å². The van der Waals surface area contributed by atoms with Crippen molar-refractivity contribution in [3.05, 3.63) is 12.2 Å². The molecule has 0 saturated heterocycles. The Hall–Kier alpha value is -0.390. The highest BCUT2D eigenvalue weighted by Crippen LogP contribution is 2.00. The summed E-state index contributed by atoms with van der Waals surface area (Å²) in [5, 5.41) is 2.98. The highest BCUT2D eigenvalue weighted by Gasteiger charge is 2.16. The van der Waals surface area contributed by atoms with E-state index in [4.69, 9.17) is 0 Å². The van der Waals surface area contributed by atoms with Gasteiger partial charge in [-0.2, -0.15) is 0 Å². The summed E-state index contributed by atoms with van der Waals surface area (Å²) in [5.41, 5.74) is 0.847. The minimum Gasteiger partial charge on any atom is -0.316 e. The number of nitrogens with one attached hydrogen (secondary N) is 1. The zero-order chi connectivity index (χ0) is 11.2. The van der Waals surface area contributed by atoms with Gasteiger partial charge < -0.3 is 5.32 Å². The average Bonchev–Trinajstić information content (AvgIpc) is 2.03. The molecule has 0 aliphatic carbocycles. The van der Waals surface area contributed by atoms with Crippen LogP contribution in [0.15, 0.2) is 12.2 Å². The molecule has 0 amide bonds. The van der Waals surface area contributed by atoms with Crippen LogP contribution in [0, 0.1) is 0 Å². The molecule has 0 atom stereocenters. The lowest BCUT2D eigenvalue weighted by atomic mass is 10.4. The van der Waals surface area contributed by atoms with Crippen molar-refractivity contribution in [2.75, 3.05) is 32.4 Å². The molecule has 5 heteroatoms. The van der Waals surface area contributed by atoms with Gasteiger partial charge in [-0.1, -0.05) is 19.1 Å². The maximum atomic E-state index is 11.6. The van der Waals surface area contributed by atoms with Crippen LogP contribution in [-0.2, 0) is 10.0 Å². The summed E-state index contributed by atoms with van der Waals surface area (Å²) in [6.07, 6.45) is 0. The Morgan fingerprint density at radius 2 is 2.07 bits per heavy atom. The molecule has 0 aliphatic rings. The van der Waals surface area contributed by atoms with Crippen LogP contribution in [0.2, 0.25) is 0 Å². The molecule has 0 heterocycles. The van der Waals surface area contributed by atoms with Crippen molar-refractivity contribution in [2.45, 2.75) is 13.8 Å². The van der Waals surface area contributed by atoms with Gasteiger partial charge in [0.05, 0.1) is 5.75 Å². The lowest BCUT2D eigenvalue weighted by Crippen LogP contribution is -2.34. The molecule has 4 nitrogen and oxygen atoms in total. The summed E-state index contributed by atoms with van der Waals surface area (Å²) in [6.45, 7) is 9.14. The van der Waals surface area contributed by atoms with Gasteiger partial charge in [-0.25, -0.2) is 12.7 Å². The summed E-state index contributed by atoms with van der Waals surface area (Å²) >= 11 is 0. The van der Waals surface area contributed by atoms with Gasteiger partial charge in [0.1, 0.15) is 0 Å². The van der Waals surface area contributed by atoms with Crippen LogP contribution in [0.3, 0.4) is 0 Å². The number of likely N-dealkylation sites (N-methyl/N-ethyl adjacent to an activating group) is 1. The van der Waals surface area contributed by atoms with Gasteiger partial charge in [0.15, 0.2) is 0 Å². The van der Waals surface area contributed by atoms with Gasteiger partial charge in [-0.15, -0.1) is 0 Å². The number of hydrogen-bond acceptors (Lipinski definition) is 3. The second kappa shape index (κ2) is 6.16. The molecule has 0 aromatic heterocycles. The Labute approximate surface area is 87.0 Å². The predicted molar refractivity (Wildman–Crippen MR) is 59.8 cm³/mol. The molecule has 84 valence electrons. The van der Waals surface area contributed by atoms with Crippen molar-refractivity contribution in [3.8, 4) is 0 Å². The molecule has 0 spiro atoms. The zero-order valence-electron chi connectivity index (χ0n) is 9.21. The van der Waals surface area contributed by atoms with Crippen molar-refractivity contribution in [3.63, 3.8) is 0 Å². The fraction of sp³-hybridized carbons (Fsp3) is 0.778. The van der Waals surface area contributed by atoms with E-state index in [2.05, 4.69) is 11.9 Å². The first-order valence-corrected chi connectivity index (χ1v) is 6.30. The fourth-order valence-corrected chi connectivity index (χ4v) is 2.14. The molecule has 0 rings (SSSR count). The Balaban J connectivity index is 4.10. The first-order valence-electron chi connectivity index (χ1n) is 4.69. The molecule has 0 aliphatic heterocycles. The maximum Gasteiger partial charge on any atom is 0.215 e. The van der Waals surface area contributed by atoms with Crippen LogP contribution in [0.1, 0.15) is 13.8 Å². The summed E-state index contributed by atoms with van der Waals surface area (Å²) < 4.78 is 24.5. The van der Waals surface area contributed by atoms with E-state index in [-0.39, 0.29) is 5.75 Å². The molecule has 1 N–H and O–H groups in total. The Bertz CT molecular complexity index is 273. The molecule has 0 fully saturated rings. The third kappa shape index (κ3) is 5.36. The van der Waals surface area contributed by atoms with Crippen LogP contribution in [-0.4, -0.2) is 45.2 Å². The van der Waals surface area contributed by atoms with Crippen LogP contribution in [0.5, 0.6) is 0 Å². The highest BCUT2D eigenvalue weighted by atomic mass is 32.2. The number of sulfonamides is 1. The van der Waals surface area contributed by atoms with E-state index in [1.165, 1.54) is 4.31 Å². The van der Waals surface area contributed by atoms with E-state index < -0.39 is 10.0 Å². The molecule has 0 bridgehead atoms. The SMILES string of the molecule is C=C(C)CN(C)S(=O)(=O)CCNCC. The molecular weight excluding hydrogens is 200 g/mol. The highest BCUT2D eigenvalue weighted by molar-refractivity contribution is 7.89. The smallest absolute Gasteiger partial charge is 0.215 e. The summed E-state index contributed by atoms with van der Waals surface area (Å²) in [5.74, 6) is 0.143. The van der Waals surface area contributed by atoms with E-state index in [0.29, 0.717) is 13.1 Å². The molecule has 0 aromatic rings. The van der Waals surface area contributed by atoms with Crippen molar-refractivity contribution in [1.82, 2.24) is 9.62 Å². The second-order valence-corrected chi connectivity index (χ2v) is 5.58. The third-order valence-corrected chi connectivity index (χ3v) is 3.55. The van der Waals surface area contributed by atoms with Gasteiger partial charge in [-0.3, -0.25) is 0 Å². The predicted octanol–water partition coefficient (Wildman–Crippen LogP) is 0.434. The minimum atomic E-state index is -3.12. The second-order valence-electron chi connectivity index (χ2n) is 3.38. The number of rotatable bonds is 7. The van der Waals surface area contributed by atoms with Gasteiger partial charge in [0, 0.05) is 20.1 Å².